The fourth-order valence-corrected chi connectivity index (χ4v) is 4.08. The van der Waals surface area contributed by atoms with Crippen LogP contribution in [0.15, 0.2) is 29.2 Å². The Morgan fingerprint density at radius 1 is 1.05 bits per heavy atom. The van der Waals surface area contributed by atoms with Crippen molar-refractivity contribution in [3.63, 3.8) is 0 Å². The summed E-state index contributed by atoms with van der Waals surface area (Å²) in [5, 5.41) is 3.41. The number of rotatable bonds is 6. The molecule has 0 amide bonds. The van der Waals surface area contributed by atoms with Crippen molar-refractivity contribution in [3.05, 3.63) is 29.8 Å². The third-order valence-corrected chi connectivity index (χ3v) is 5.58. The number of hydrogen-bond acceptors (Lipinski definition) is 3. The van der Waals surface area contributed by atoms with Crippen LogP contribution >= 0.6 is 0 Å². The third-order valence-electron chi connectivity index (χ3n) is 4.06. The van der Waals surface area contributed by atoms with Crippen LogP contribution in [0.25, 0.3) is 0 Å². The van der Waals surface area contributed by atoms with E-state index in [4.69, 9.17) is 0 Å². The maximum Gasteiger partial charge on any atom is 0.240 e. The largest absolute Gasteiger partial charge is 0.310 e. The highest BCUT2D eigenvalue weighted by atomic mass is 32.2. The zero-order chi connectivity index (χ0) is 14.0. The molecule has 1 aromatic rings. The Hall–Kier alpha value is -0.910. The molecular formula is C15H22N2O2S. The van der Waals surface area contributed by atoms with Crippen molar-refractivity contribution in [1.29, 1.82) is 0 Å². The lowest BCUT2D eigenvalue weighted by molar-refractivity contribution is 0.552. The highest BCUT2D eigenvalue weighted by Crippen LogP contribution is 2.22. The van der Waals surface area contributed by atoms with Crippen LogP contribution in [0.4, 0.5) is 0 Å². The SMILES string of the molecule is O=S(=O)(NC1CCCC1)c1cccc(CNC2CC2)c1. The second kappa shape index (κ2) is 5.84. The lowest BCUT2D eigenvalue weighted by Crippen LogP contribution is -2.32. The summed E-state index contributed by atoms with van der Waals surface area (Å²) in [6.07, 6.45) is 6.64. The Morgan fingerprint density at radius 2 is 1.80 bits per heavy atom. The standard InChI is InChI=1S/C15H22N2O2S/c18-20(19,17-14-5-1-2-6-14)15-7-3-4-12(10-15)11-16-13-8-9-13/h3-4,7,10,13-14,16-17H,1-2,5-6,8-9,11H2. The Kier molecular flexibility index (Phi) is 4.10. The van der Waals surface area contributed by atoms with Crippen molar-refractivity contribution < 1.29 is 8.42 Å². The first-order valence-corrected chi connectivity index (χ1v) is 8.96. The average molecular weight is 294 g/mol. The molecule has 0 spiro atoms. The van der Waals surface area contributed by atoms with E-state index in [-0.39, 0.29) is 6.04 Å². The van der Waals surface area contributed by atoms with Gasteiger partial charge in [0.05, 0.1) is 4.90 Å². The summed E-state index contributed by atoms with van der Waals surface area (Å²) in [4.78, 5) is 0.388. The highest BCUT2D eigenvalue weighted by molar-refractivity contribution is 7.89. The van der Waals surface area contributed by atoms with Gasteiger partial charge in [-0.2, -0.15) is 0 Å². The van der Waals surface area contributed by atoms with Gasteiger partial charge in [-0.05, 0) is 43.4 Å². The van der Waals surface area contributed by atoms with E-state index in [1.165, 1.54) is 12.8 Å². The quantitative estimate of drug-likeness (QED) is 0.845. The number of hydrogen-bond donors (Lipinski definition) is 2. The highest BCUT2D eigenvalue weighted by Gasteiger charge is 2.23. The summed E-state index contributed by atoms with van der Waals surface area (Å²) in [6.45, 7) is 0.747. The summed E-state index contributed by atoms with van der Waals surface area (Å²) in [6, 6.07) is 8.02. The van der Waals surface area contributed by atoms with Crippen LogP contribution in [-0.4, -0.2) is 20.5 Å². The molecule has 5 heteroatoms. The summed E-state index contributed by atoms with van der Waals surface area (Å²) in [5.74, 6) is 0. The van der Waals surface area contributed by atoms with E-state index < -0.39 is 10.0 Å². The Labute approximate surface area is 121 Å². The van der Waals surface area contributed by atoms with E-state index >= 15 is 0 Å². The van der Waals surface area contributed by atoms with Crippen LogP contribution in [0, 0.1) is 0 Å². The van der Waals surface area contributed by atoms with E-state index in [2.05, 4.69) is 10.0 Å². The van der Waals surface area contributed by atoms with Gasteiger partial charge in [0.15, 0.2) is 0 Å². The lowest BCUT2D eigenvalue weighted by atomic mass is 10.2. The number of sulfonamides is 1. The summed E-state index contributed by atoms with van der Waals surface area (Å²) in [7, 11) is -3.37. The van der Waals surface area contributed by atoms with Gasteiger partial charge in [-0.3, -0.25) is 0 Å². The maximum absolute atomic E-state index is 12.4. The fraction of sp³-hybridized carbons (Fsp3) is 0.600. The molecule has 110 valence electrons. The van der Waals surface area contributed by atoms with Crippen molar-refractivity contribution in [2.45, 2.75) is 62.0 Å². The molecule has 2 aliphatic rings. The summed E-state index contributed by atoms with van der Waals surface area (Å²) in [5.41, 5.74) is 1.03. The molecule has 1 aromatic carbocycles. The van der Waals surface area contributed by atoms with Crippen molar-refractivity contribution in [1.82, 2.24) is 10.0 Å². The normalized spacial score (nSPS) is 20.4. The van der Waals surface area contributed by atoms with Gasteiger partial charge < -0.3 is 5.32 Å². The van der Waals surface area contributed by atoms with E-state index in [0.29, 0.717) is 10.9 Å². The second-order valence-electron chi connectivity index (χ2n) is 5.91. The van der Waals surface area contributed by atoms with Gasteiger partial charge in [0.25, 0.3) is 0 Å². The molecule has 4 nitrogen and oxygen atoms in total. The molecule has 2 aliphatic carbocycles. The fourth-order valence-electron chi connectivity index (χ4n) is 2.70. The molecule has 20 heavy (non-hydrogen) atoms. The molecule has 2 N–H and O–H groups in total. The van der Waals surface area contributed by atoms with Gasteiger partial charge in [-0.15, -0.1) is 0 Å². The van der Waals surface area contributed by atoms with Crippen molar-refractivity contribution >= 4 is 10.0 Å². The first-order chi connectivity index (χ1) is 9.63. The van der Waals surface area contributed by atoms with Crippen molar-refractivity contribution in [2.75, 3.05) is 0 Å². The van der Waals surface area contributed by atoms with Crippen LogP contribution in [0.3, 0.4) is 0 Å². The second-order valence-corrected chi connectivity index (χ2v) is 7.62. The maximum atomic E-state index is 12.4. The van der Waals surface area contributed by atoms with E-state index in [1.807, 2.05) is 12.1 Å². The number of nitrogens with one attached hydrogen (secondary N) is 2. The molecule has 0 radical (unpaired) electrons. The van der Waals surface area contributed by atoms with Gasteiger partial charge in [0.2, 0.25) is 10.0 Å². The van der Waals surface area contributed by atoms with Crippen molar-refractivity contribution in [2.24, 2.45) is 0 Å². The molecule has 0 bridgehead atoms. The van der Waals surface area contributed by atoms with Gasteiger partial charge in [-0.1, -0.05) is 25.0 Å². The molecule has 0 unspecified atom stereocenters. The van der Waals surface area contributed by atoms with Gasteiger partial charge in [-0.25, -0.2) is 13.1 Å². The molecule has 2 saturated carbocycles. The predicted molar refractivity (Wildman–Crippen MR) is 78.9 cm³/mol. The third kappa shape index (κ3) is 3.59. The van der Waals surface area contributed by atoms with Crippen LogP contribution in [0.5, 0.6) is 0 Å². The van der Waals surface area contributed by atoms with Crippen molar-refractivity contribution in [3.8, 4) is 0 Å². The minimum absolute atomic E-state index is 0.119. The molecule has 0 aliphatic heterocycles. The molecule has 0 saturated heterocycles. The summed E-state index contributed by atoms with van der Waals surface area (Å²) < 4.78 is 27.5. The van der Waals surface area contributed by atoms with Gasteiger partial charge in [0, 0.05) is 18.6 Å². The van der Waals surface area contributed by atoms with E-state index in [1.54, 1.807) is 12.1 Å². The smallest absolute Gasteiger partial charge is 0.240 e. The molecule has 0 atom stereocenters. The minimum Gasteiger partial charge on any atom is -0.310 e. The van der Waals surface area contributed by atoms with E-state index in [9.17, 15) is 8.42 Å². The van der Waals surface area contributed by atoms with E-state index in [0.717, 1.165) is 37.8 Å². The molecule has 3 rings (SSSR count). The minimum atomic E-state index is -3.37. The van der Waals surface area contributed by atoms with Crippen LogP contribution in [0.2, 0.25) is 0 Å². The Bertz CT molecular complexity index is 561. The first kappa shape index (κ1) is 14.0. The Balaban J connectivity index is 1.68. The first-order valence-electron chi connectivity index (χ1n) is 7.48. The van der Waals surface area contributed by atoms with Crippen LogP contribution < -0.4 is 10.0 Å². The molecule has 0 heterocycles. The zero-order valence-electron chi connectivity index (χ0n) is 11.6. The van der Waals surface area contributed by atoms with Gasteiger partial charge >= 0.3 is 0 Å². The van der Waals surface area contributed by atoms with Gasteiger partial charge in [0.1, 0.15) is 0 Å². The monoisotopic (exact) mass is 294 g/mol. The molecular weight excluding hydrogens is 272 g/mol. The Morgan fingerprint density at radius 3 is 2.50 bits per heavy atom. The molecule has 0 aromatic heterocycles. The average Bonchev–Trinajstić information content (AvgIpc) is 3.14. The van der Waals surface area contributed by atoms with Crippen LogP contribution in [-0.2, 0) is 16.6 Å². The topological polar surface area (TPSA) is 58.2 Å². The zero-order valence-corrected chi connectivity index (χ0v) is 12.5. The molecule has 2 fully saturated rings. The summed E-state index contributed by atoms with van der Waals surface area (Å²) >= 11 is 0. The predicted octanol–water partition coefficient (Wildman–Crippen LogP) is 2.16. The lowest BCUT2D eigenvalue weighted by Gasteiger charge is -2.13. The number of benzene rings is 1. The van der Waals surface area contributed by atoms with Crippen LogP contribution in [0.1, 0.15) is 44.1 Å².